The molecular formula is C22H32N2O3. The predicted molar refractivity (Wildman–Crippen MR) is 108 cm³/mol. The lowest BCUT2D eigenvalue weighted by molar-refractivity contribution is -0.128. The first kappa shape index (κ1) is 19.9. The van der Waals surface area contributed by atoms with Crippen LogP contribution in [-0.4, -0.2) is 69.3 Å². The Morgan fingerprint density at radius 1 is 1.19 bits per heavy atom. The third kappa shape index (κ3) is 5.11. The highest BCUT2D eigenvalue weighted by Crippen LogP contribution is 2.41. The minimum atomic E-state index is 0.201. The lowest BCUT2D eigenvalue weighted by Crippen LogP contribution is -2.41. The van der Waals surface area contributed by atoms with Crippen LogP contribution < -0.4 is 4.74 Å². The molecule has 5 heteroatoms. The average Bonchev–Trinajstić information content (AvgIpc) is 2.99. The highest BCUT2D eigenvalue weighted by atomic mass is 16.5. The highest BCUT2D eigenvalue weighted by molar-refractivity contribution is 5.79. The van der Waals surface area contributed by atoms with E-state index in [4.69, 9.17) is 9.47 Å². The molecule has 2 fully saturated rings. The van der Waals surface area contributed by atoms with Gasteiger partial charge in [-0.1, -0.05) is 30.4 Å². The molecule has 0 bridgehead atoms. The van der Waals surface area contributed by atoms with Gasteiger partial charge in [0.1, 0.15) is 5.75 Å². The van der Waals surface area contributed by atoms with E-state index < -0.39 is 0 Å². The van der Waals surface area contributed by atoms with Gasteiger partial charge in [0, 0.05) is 45.3 Å². The Bertz CT molecular complexity index is 651. The van der Waals surface area contributed by atoms with Crippen molar-refractivity contribution < 1.29 is 14.3 Å². The van der Waals surface area contributed by atoms with Gasteiger partial charge in [0.15, 0.2) is 0 Å². The van der Waals surface area contributed by atoms with Gasteiger partial charge >= 0.3 is 0 Å². The van der Waals surface area contributed by atoms with E-state index in [2.05, 4.69) is 28.0 Å². The molecule has 0 radical (unpaired) electrons. The van der Waals surface area contributed by atoms with Gasteiger partial charge in [0.25, 0.3) is 0 Å². The van der Waals surface area contributed by atoms with Crippen molar-refractivity contribution in [3.63, 3.8) is 0 Å². The average molecular weight is 373 g/mol. The Morgan fingerprint density at radius 3 is 2.70 bits per heavy atom. The Morgan fingerprint density at radius 2 is 1.96 bits per heavy atom. The van der Waals surface area contributed by atoms with Crippen molar-refractivity contribution in [2.24, 2.45) is 5.41 Å². The predicted octanol–water partition coefficient (Wildman–Crippen LogP) is 3.06. The van der Waals surface area contributed by atoms with E-state index in [1.54, 1.807) is 14.2 Å². The quantitative estimate of drug-likeness (QED) is 0.658. The Labute approximate surface area is 162 Å². The monoisotopic (exact) mass is 372 g/mol. The van der Waals surface area contributed by atoms with Crippen LogP contribution in [0.3, 0.4) is 0 Å². The number of para-hydroxylation sites is 1. The van der Waals surface area contributed by atoms with Crippen molar-refractivity contribution in [2.75, 3.05) is 53.6 Å². The largest absolute Gasteiger partial charge is 0.496 e. The van der Waals surface area contributed by atoms with Crippen molar-refractivity contribution in [3.8, 4) is 5.75 Å². The number of piperidine rings is 1. The standard InChI is InChI=1S/C22H32N2O3/c1-26-16-6-13-24-18-22(17-21(24)25)10-14-23(15-11-22)12-5-8-19-7-3-4-9-20(19)27-2/h3-5,7-9H,6,10-18H2,1-2H3/b8-5+. The third-order valence-corrected chi connectivity index (χ3v) is 5.90. The molecule has 2 aliphatic rings. The van der Waals surface area contributed by atoms with Crippen molar-refractivity contribution >= 4 is 12.0 Å². The molecule has 148 valence electrons. The van der Waals surface area contributed by atoms with E-state index in [1.165, 1.54) is 0 Å². The Balaban J connectivity index is 1.46. The zero-order valence-electron chi connectivity index (χ0n) is 16.7. The summed E-state index contributed by atoms with van der Waals surface area (Å²) in [7, 11) is 3.42. The molecule has 3 rings (SSSR count). The van der Waals surface area contributed by atoms with Gasteiger partial charge in [-0.25, -0.2) is 0 Å². The SMILES string of the molecule is COCCCN1CC2(CCN(C/C=C/c3ccccc3OC)CC2)CC1=O. The maximum absolute atomic E-state index is 12.4. The number of hydrogen-bond acceptors (Lipinski definition) is 4. The van der Waals surface area contributed by atoms with Crippen LogP contribution in [0, 0.1) is 5.41 Å². The van der Waals surface area contributed by atoms with Crippen LogP contribution in [0.5, 0.6) is 5.75 Å². The third-order valence-electron chi connectivity index (χ3n) is 5.90. The first-order chi connectivity index (χ1) is 13.2. The van der Waals surface area contributed by atoms with Gasteiger partial charge < -0.3 is 14.4 Å². The summed E-state index contributed by atoms with van der Waals surface area (Å²) in [5.74, 6) is 1.24. The summed E-state index contributed by atoms with van der Waals surface area (Å²) in [6.07, 6.45) is 8.24. The van der Waals surface area contributed by atoms with Crippen molar-refractivity contribution in [3.05, 3.63) is 35.9 Å². The summed E-state index contributed by atoms with van der Waals surface area (Å²) in [5, 5.41) is 0. The summed E-state index contributed by atoms with van der Waals surface area (Å²) in [5.41, 5.74) is 1.31. The lowest BCUT2D eigenvalue weighted by Gasteiger charge is -2.38. The fraction of sp³-hybridized carbons (Fsp3) is 0.591. The van der Waals surface area contributed by atoms with Crippen molar-refractivity contribution in [2.45, 2.75) is 25.7 Å². The fourth-order valence-corrected chi connectivity index (χ4v) is 4.26. The van der Waals surface area contributed by atoms with Crippen molar-refractivity contribution in [1.82, 2.24) is 9.80 Å². The van der Waals surface area contributed by atoms with E-state index in [0.29, 0.717) is 5.91 Å². The van der Waals surface area contributed by atoms with Crippen LogP contribution in [0.25, 0.3) is 6.08 Å². The van der Waals surface area contributed by atoms with Gasteiger partial charge in [-0.3, -0.25) is 9.69 Å². The number of carbonyl (C=O) groups excluding carboxylic acids is 1. The van der Waals surface area contributed by atoms with E-state index in [9.17, 15) is 4.79 Å². The molecule has 5 nitrogen and oxygen atoms in total. The molecule has 0 N–H and O–H groups in total. The van der Waals surface area contributed by atoms with E-state index in [1.807, 2.05) is 18.2 Å². The summed E-state index contributed by atoms with van der Waals surface area (Å²) in [6.45, 7) is 5.56. The molecule has 1 spiro atoms. The van der Waals surface area contributed by atoms with Gasteiger partial charge in [-0.15, -0.1) is 0 Å². The van der Waals surface area contributed by atoms with E-state index in [0.717, 1.165) is 76.3 Å². The Kier molecular flexibility index (Phi) is 6.91. The van der Waals surface area contributed by atoms with Crippen LogP contribution in [0.15, 0.2) is 30.3 Å². The number of methoxy groups -OCH3 is 2. The lowest BCUT2D eigenvalue weighted by atomic mass is 9.77. The zero-order chi connectivity index (χ0) is 19.1. The number of hydrogen-bond donors (Lipinski definition) is 0. The molecule has 2 aliphatic heterocycles. The molecule has 0 aliphatic carbocycles. The number of amides is 1. The number of likely N-dealkylation sites (tertiary alicyclic amines) is 2. The van der Waals surface area contributed by atoms with Crippen LogP contribution in [-0.2, 0) is 9.53 Å². The second-order valence-electron chi connectivity index (χ2n) is 7.78. The number of benzene rings is 1. The summed E-state index contributed by atoms with van der Waals surface area (Å²) < 4.78 is 10.5. The Hall–Kier alpha value is -1.85. The van der Waals surface area contributed by atoms with Crippen LogP contribution in [0.2, 0.25) is 0 Å². The molecule has 1 amide bonds. The first-order valence-electron chi connectivity index (χ1n) is 9.94. The molecular weight excluding hydrogens is 340 g/mol. The van der Waals surface area contributed by atoms with Crippen LogP contribution in [0.4, 0.5) is 0 Å². The molecule has 27 heavy (non-hydrogen) atoms. The number of ether oxygens (including phenoxy) is 2. The summed E-state index contributed by atoms with van der Waals surface area (Å²) in [4.78, 5) is 16.9. The fourth-order valence-electron chi connectivity index (χ4n) is 4.26. The van der Waals surface area contributed by atoms with Crippen LogP contribution in [0.1, 0.15) is 31.2 Å². The number of rotatable bonds is 8. The first-order valence-corrected chi connectivity index (χ1v) is 9.94. The molecule has 1 aromatic rings. The molecule has 0 aromatic heterocycles. The highest BCUT2D eigenvalue weighted by Gasteiger charge is 2.44. The minimum Gasteiger partial charge on any atom is -0.496 e. The van der Waals surface area contributed by atoms with E-state index in [-0.39, 0.29) is 5.41 Å². The second-order valence-corrected chi connectivity index (χ2v) is 7.78. The summed E-state index contributed by atoms with van der Waals surface area (Å²) >= 11 is 0. The molecule has 2 saturated heterocycles. The maximum atomic E-state index is 12.4. The van der Waals surface area contributed by atoms with Gasteiger partial charge in [0.2, 0.25) is 5.91 Å². The summed E-state index contributed by atoms with van der Waals surface area (Å²) in [6, 6.07) is 8.08. The van der Waals surface area contributed by atoms with Gasteiger partial charge in [-0.2, -0.15) is 0 Å². The molecule has 0 atom stereocenters. The molecule has 2 heterocycles. The zero-order valence-corrected chi connectivity index (χ0v) is 16.7. The normalized spacial score (nSPS) is 20.1. The topological polar surface area (TPSA) is 42.0 Å². The van der Waals surface area contributed by atoms with Crippen LogP contribution >= 0.6 is 0 Å². The van der Waals surface area contributed by atoms with Gasteiger partial charge in [-0.05, 0) is 43.8 Å². The smallest absolute Gasteiger partial charge is 0.223 e. The second kappa shape index (κ2) is 9.38. The van der Waals surface area contributed by atoms with Crippen molar-refractivity contribution in [1.29, 1.82) is 0 Å². The number of carbonyl (C=O) groups is 1. The molecule has 0 saturated carbocycles. The minimum absolute atomic E-state index is 0.201. The van der Waals surface area contributed by atoms with E-state index >= 15 is 0 Å². The molecule has 1 aromatic carbocycles. The van der Waals surface area contributed by atoms with Gasteiger partial charge in [0.05, 0.1) is 7.11 Å². The number of nitrogens with zero attached hydrogens (tertiary/aromatic N) is 2. The maximum Gasteiger partial charge on any atom is 0.223 e. The molecule has 0 unspecified atom stereocenters.